The van der Waals surface area contributed by atoms with Crippen LogP contribution in [0.2, 0.25) is 0 Å². The summed E-state index contributed by atoms with van der Waals surface area (Å²) < 4.78 is 1.11. The van der Waals surface area contributed by atoms with Gasteiger partial charge in [-0.15, -0.1) is 11.3 Å². The molecular weight excluding hydrogens is 320 g/mol. The Bertz CT molecular complexity index is 812. The van der Waals surface area contributed by atoms with Crippen LogP contribution in [0.1, 0.15) is 37.1 Å². The average Bonchev–Trinajstić information content (AvgIpc) is 3.07. The number of hydrogen-bond acceptors (Lipinski definition) is 6. The van der Waals surface area contributed by atoms with Gasteiger partial charge < -0.3 is 10.4 Å². The number of pyridine rings is 1. The number of rotatable bonds is 4. The molecule has 0 spiro atoms. The minimum atomic E-state index is -0.141. The molecule has 0 aromatic carbocycles. The van der Waals surface area contributed by atoms with E-state index in [4.69, 9.17) is 9.97 Å². The van der Waals surface area contributed by atoms with Crippen molar-refractivity contribution in [3.05, 3.63) is 47.4 Å². The van der Waals surface area contributed by atoms with Gasteiger partial charge in [-0.3, -0.25) is 4.98 Å². The van der Waals surface area contributed by atoms with Crippen molar-refractivity contribution in [1.29, 1.82) is 0 Å². The lowest BCUT2D eigenvalue weighted by atomic mass is 9.93. The van der Waals surface area contributed by atoms with E-state index in [0.717, 1.165) is 53.1 Å². The molecule has 1 saturated carbocycles. The summed E-state index contributed by atoms with van der Waals surface area (Å²) in [4.78, 5) is 13.5. The zero-order chi connectivity index (χ0) is 16.4. The largest absolute Gasteiger partial charge is 0.393 e. The fraction of sp³-hybridized carbons (Fsp3) is 0.389. The van der Waals surface area contributed by atoms with Gasteiger partial charge in [0.25, 0.3) is 0 Å². The number of aliphatic hydroxyl groups is 1. The molecule has 6 heteroatoms. The van der Waals surface area contributed by atoms with Crippen molar-refractivity contribution >= 4 is 27.4 Å². The van der Waals surface area contributed by atoms with E-state index in [2.05, 4.69) is 15.7 Å². The first kappa shape index (κ1) is 15.5. The van der Waals surface area contributed by atoms with Crippen LogP contribution in [0.5, 0.6) is 0 Å². The van der Waals surface area contributed by atoms with Crippen LogP contribution in [0.15, 0.2) is 36.0 Å². The molecule has 0 saturated heterocycles. The average molecular weight is 340 g/mol. The predicted octanol–water partition coefficient (Wildman–Crippen LogP) is 3.39. The fourth-order valence-corrected chi connectivity index (χ4v) is 3.97. The van der Waals surface area contributed by atoms with Crippen LogP contribution in [0.25, 0.3) is 10.2 Å². The quantitative estimate of drug-likeness (QED) is 0.762. The lowest BCUT2D eigenvalue weighted by molar-refractivity contribution is 0.126. The molecule has 5 nitrogen and oxygen atoms in total. The van der Waals surface area contributed by atoms with Crippen molar-refractivity contribution in [3.63, 3.8) is 0 Å². The molecule has 3 aromatic rings. The standard InChI is InChI=1S/C18H20N4OS/c23-14-3-1-13(2-4-14)20-18-17-15(7-10-24-17)21-16(22-18)11-12-5-8-19-9-6-12/h5-10,13-14,23H,1-4,11H2,(H,20,21,22). The highest BCUT2D eigenvalue weighted by atomic mass is 32.1. The van der Waals surface area contributed by atoms with Gasteiger partial charge in [-0.05, 0) is 54.8 Å². The Morgan fingerprint density at radius 1 is 1.08 bits per heavy atom. The summed E-state index contributed by atoms with van der Waals surface area (Å²) >= 11 is 1.67. The molecule has 24 heavy (non-hydrogen) atoms. The number of anilines is 1. The zero-order valence-corrected chi connectivity index (χ0v) is 14.2. The molecule has 1 fully saturated rings. The van der Waals surface area contributed by atoms with Crippen LogP contribution >= 0.6 is 11.3 Å². The van der Waals surface area contributed by atoms with Crippen molar-refractivity contribution in [2.24, 2.45) is 0 Å². The summed E-state index contributed by atoms with van der Waals surface area (Å²) in [6.07, 6.45) is 7.84. The SMILES string of the molecule is OC1CCC(Nc2nc(Cc3ccncc3)nc3ccsc23)CC1. The van der Waals surface area contributed by atoms with Gasteiger partial charge in [0.15, 0.2) is 0 Å². The summed E-state index contributed by atoms with van der Waals surface area (Å²) in [5, 5.41) is 15.3. The summed E-state index contributed by atoms with van der Waals surface area (Å²) in [5.74, 6) is 1.76. The van der Waals surface area contributed by atoms with Crippen molar-refractivity contribution in [2.45, 2.75) is 44.2 Å². The Morgan fingerprint density at radius 2 is 1.88 bits per heavy atom. The van der Waals surface area contributed by atoms with Gasteiger partial charge in [0.1, 0.15) is 11.6 Å². The number of aliphatic hydroxyl groups excluding tert-OH is 1. The summed E-state index contributed by atoms with van der Waals surface area (Å²) in [6.45, 7) is 0. The van der Waals surface area contributed by atoms with E-state index in [-0.39, 0.29) is 6.10 Å². The smallest absolute Gasteiger partial charge is 0.148 e. The van der Waals surface area contributed by atoms with E-state index in [9.17, 15) is 5.11 Å². The predicted molar refractivity (Wildman–Crippen MR) is 96.3 cm³/mol. The highest BCUT2D eigenvalue weighted by Gasteiger charge is 2.21. The first-order valence-corrected chi connectivity index (χ1v) is 9.23. The third-order valence-electron chi connectivity index (χ3n) is 4.50. The Hall–Kier alpha value is -2.05. The molecule has 1 aliphatic rings. The zero-order valence-electron chi connectivity index (χ0n) is 13.4. The Labute approximate surface area is 144 Å². The van der Waals surface area contributed by atoms with Crippen LogP contribution in [0.4, 0.5) is 5.82 Å². The number of fused-ring (bicyclic) bond motifs is 1. The molecule has 2 N–H and O–H groups in total. The van der Waals surface area contributed by atoms with E-state index in [1.54, 1.807) is 23.7 Å². The van der Waals surface area contributed by atoms with Crippen LogP contribution < -0.4 is 5.32 Å². The lowest BCUT2D eigenvalue weighted by Gasteiger charge is -2.26. The molecular formula is C18H20N4OS. The molecule has 0 amide bonds. The molecule has 3 aromatic heterocycles. The van der Waals surface area contributed by atoms with Crippen molar-refractivity contribution < 1.29 is 5.11 Å². The number of hydrogen-bond donors (Lipinski definition) is 2. The first-order valence-electron chi connectivity index (χ1n) is 8.35. The van der Waals surface area contributed by atoms with Gasteiger partial charge >= 0.3 is 0 Å². The third-order valence-corrected chi connectivity index (χ3v) is 5.41. The molecule has 124 valence electrons. The number of nitrogens with one attached hydrogen (secondary N) is 1. The van der Waals surface area contributed by atoms with Crippen LogP contribution in [0.3, 0.4) is 0 Å². The van der Waals surface area contributed by atoms with Crippen molar-refractivity contribution in [3.8, 4) is 0 Å². The molecule has 0 radical (unpaired) electrons. The monoisotopic (exact) mass is 340 g/mol. The fourth-order valence-electron chi connectivity index (χ4n) is 3.19. The Balaban J connectivity index is 1.60. The van der Waals surface area contributed by atoms with E-state index >= 15 is 0 Å². The van der Waals surface area contributed by atoms with E-state index in [0.29, 0.717) is 12.5 Å². The number of aromatic nitrogens is 3. The maximum Gasteiger partial charge on any atom is 0.148 e. The van der Waals surface area contributed by atoms with Gasteiger partial charge in [-0.25, -0.2) is 9.97 Å². The van der Waals surface area contributed by atoms with E-state index in [1.165, 1.54) is 0 Å². The normalized spacial score (nSPS) is 21.0. The van der Waals surface area contributed by atoms with E-state index < -0.39 is 0 Å². The minimum absolute atomic E-state index is 0.141. The minimum Gasteiger partial charge on any atom is -0.393 e. The van der Waals surface area contributed by atoms with Crippen molar-refractivity contribution in [1.82, 2.24) is 15.0 Å². The van der Waals surface area contributed by atoms with Crippen LogP contribution in [-0.4, -0.2) is 32.2 Å². The Morgan fingerprint density at radius 3 is 2.67 bits per heavy atom. The van der Waals surface area contributed by atoms with Crippen LogP contribution in [0, 0.1) is 0 Å². The van der Waals surface area contributed by atoms with Gasteiger partial charge in [0.05, 0.1) is 16.3 Å². The maximum absolute atomic E-state index is 9.68. The van der Waals surface area contributed by atoms with Gasteiger partial charge in [-0.1, -0.05) is 0 Å². The molecule has 0 bridgehead atoms. The van der Waals surface area contributed by atoms with Gasteiger partial charge in [0, 0.05) is 24.9 Å². The Kier molecular flexibility index (Phi) is 4.40. The second-order valence-corrected chi connectivity index (χ2v) is 7.22. The highest BCUT2D eigenvalue weighted by Crippen LogP contribution is 2.29. The third kappa shape index (κ3) is 3.39. The molecule has 0 unspecified atom stereocenters. The van der Waals surface area contributed by atoms with E-state index in [1.807, 2.05) is 18.2 Å². The molecule has 0 aliphatic heterocycles. The lowest BCUT2D eigenvalue weighted by Crippen LogP contribution is -2.28. The molecule has 1 aliphatic carbocycles. The molecule has 0 atom stereocenters. The highest BCUT2D eigenvalue weighted by molar-refractivity contribution is 7.17. The number of nitrogens with zero attached hydrogens (tertiary/aromatic N) is 3. The summed E-state index contributed by atoms with van der Waals surface area (Å²) in [7, 11) is 0. The van der Waals surface area contributed by atoms with Crippen molar-refractivity contribution in [2.75, 3.05) is 5.32 Å². The maximum atomic E-state index is 9.68. The topological polar surface area (TPSA) is 70.9 Å². The molecule has 4 rings (SSSR count). The number of thiophene rings is 1. The van der Waals surface area contributed by atoms with Gasteiger partial charge in [0.2, 0.25) is 0 Å². The first-order chi connectivity index (χ1) is 11.8. The summed E-state index contributed by atoms with van der Waals surface area (Å²) in [6, 6.07) is 6.42. The second-order valence-electron chi connectivity index (χ2n) is 6.31. The molecule has 3 heterocycles. The van der Waals surface area contributed by atoms with Gasteiger partial charge in [-0.2, -0.15) is 0 Å². The summed E-state index contributed by atoms with van der Waals surface area (Å²) in [5.41, 5.74) is 2.16. The van der Waals surface area contributed by atoms with Crippen LogP contribution in [-0.2, 0) is 6.42 Å². The second kappa shape index (κ2) is 6.83.